The molecule has 0 aromatic heterocycles. The van der Waals surface area contributed by atoms with Crippen molar-refractivity contribution in [1.29, 1.82) is 0 Å². The molecule has 0 saturated carbocycles. The molecule has 0 heterocycles. The number of nitrogens with one attached hydrogen (secondary N) is 1. The number of anilines is 1. The molecular weight excluding hydrogens is 342 g/mol. The molecule has 0 bridgehead atoms. The van der Waals surface area contributed by atoms with Crippen molar-refractivity contribution in [3.05, 3.63) is 64.7 Å². The molecule has 0 radical (unpaired) electrons. The van der Waals surface area contributed by atoms with Crippen LogP contribution in [0.3, 0.4) is 0 Å². The molecule has 5 nitrogen and oxygen atoms in total. The average molecular weight is 362 g/mol. The molecule has 0 fully saturated rings. The van der Waals surface area contributed by atoms with Crippen molar-refractivity contribution >= 4 is 29.2 Å². The van der Waals surface area contributed by atoms with Gasteiger partial charge < -0.3 is 14.8 Å². The van der Waals surface area contributed by atoms with Crippen LogP contribution in [0.2, 0.25) is 5.02 Å². The Morgan fingerprint density at radius 2 is 1.84 bits per heavy atom. The minimum atomic E-state index is -0.558. The number of esters is 1. The summed E-state index contributed by atoms with van der Waals surface area (Å²) in [6.45, 7) is 4.03. The average Bonchev–Trinajstić information content (AvgIpc) is 2.58. The number of amides is 1. The Kier molecular flexibility index (Phi) is 6.98. The molecule has 2 rings (SSSR count). The summed E-state index contributed by atoms with van der Waals surface area (Å²) in [6.07, 6.45) is 0.141. The van der Waals surface area contributed by atoms with Crippen LogP contribution in [0.1, 0.15) is 29.8 Å². The number of carbonyl (C=O) groups excluding carboxylic acids is 2. The Balaban J connectivity index is 1.82. The Hall–Kier alpha value is -2.37. The number of hydrogen-bond acceptors (Lipinski definition) is 4. The van der Waals surface area contributed by atoms with E-state index in [4.69, 9.17) is 21.1 Å². The lowest BCUT2D eigenvalue weighted by Gasteiger charge is -2.09. The third-order valence-corrected chi connectivity index (χ3v) is 3.45. The van der Waals surface area contributed by atoms with Crippen LogP contribution in [0.4, 0.5) is 5.69 Å². The summed E-state index contributed by atoms with van der Waals surface area (Å²) in [4.78, 5) is 23.8. The number of rotatable bonds is 7. The molecule has 1 amide bonds. The number of ether oxygens (including phenoxy) is 2. The quantitative estimate of drug-likeness (QED) is 0.755. The fourth-order valence-electron chi connectivity index (χ4n) is 1.98. The smallest absolute Gasteiger partial charge is 0.338 e. The van der Waals surface area contributed by atoms with Crippen molar-refractivity contribution in [2.75, 3.05) is 11.9 Å². The van der Waals surface area contributed by atoms with E-state index in [-0.39, 0.29) is 12.7 Å². The second-order valence-electron chi connectivity index (χ2n) is 5.69. The molecule has 6 heteroatoms. The van der Waals surface area contributed by atoms with Crippen LogP contribution in [0.5, 0.6) is 0 Å². The molecule has 0 aliphatic heterocycles. The largest absolute Gasteiger partial charge is 0.452 e. The van der Waals surface area contributed by atoms with E-state index in [1.165, 1.54) is 0 Å². The number of halogens is 1. The van der Waals surface area contributed by atoms with E-state index < -0.39 is 11.9 Å². The van der Waals surface area contributed by atoms with Gasteiger partial charge in [-0.15, -0.1) is 0 Å². The zero-order chi connectivity index (χ0) is 18.2. The topological polar surface area (TPSA) is 64.6 Å². The normalized spacial score (nSPS) is 10.6. The maximum Gasteiger partial charge on any atom is 0.338 e. The Morgan fingerprint density at radius 1 is 1.12 bits per heavy atom. The molecule has 2 aromatic rings. The van der Waals surface area contributed by atoms with Crippen LogP contribution in [-0.4, -0.2) is 24.6 Å². The van der Waals surface area contributed by atoms with Crippen molar-refractivity contribution in [3.8, 4) is 0 Å². The van der Waals surface area contributed by atoms with Gasteiger partial charge in [0.25, 0.3) is 5.91 Å². The van der Waals surface area contributed by atoms with Crippen LogP contribution in [-0.2, 0) is 20.9 Å². The van der Waals surface area contributed by atoms with E-state index in [0.717, 1.165) is 5.56 Å². The predicted octanol–water partition coefficient (Wildman–Crippen LogP) is 4.06. The highest BCUT2D eigenvalue weighted by atomic mass is 35.5. The van der Waals surface area contributed by atoms with Gasteiger partial charge >= 0.3 is 5.97 Å². The summed E-state index contributed by atoms with van der Waals surface area (Å²) in [5, 5.41) is 3.12. The van der Waals surface area contributed by atoms with E-state index >= 15 is 0 Å². The van der Waals surface area contributed by atoms with Crippen molar-refractivity contribution < 1.29 is 19.1 Å². The summed E-state index contributed by atoms with van der Waals surface area (Å²) < 4.78 is 10.5. The molecule has 0 saturated heterocycles. The van der Waals surface area contributed by atoms with E-state index in [1.807, 2.05) is 13.8 Å². The van der Waals surface area contributed by atoms with Crippen LogP contribution >= 0.6 is 11.6 Å². The van der Waals surface area contributed by atoms with Gasteiger partial charge in [-0.25, -0.2) is 4.79 Å². The predicted molar refractivity (Wildman–Crippen MR) is 96.7 cm³/mol. The van der Waals surface area contributed by atoms with E-state index in [9.17, 15) is 9.59 Å². The molecule has 0 unspecified atom stereocenters. The molecule has 2 aromatic carbocycles. The van der Waals surface area contributed by atoms with Gasteiger partial charge in [0.1, 0.15) is 0 Å². The highest BCUT2D eigenvalue weighted by Gasteiger charge is 2.10. The lowest BCUT2D eigenvalue weighted by atomic mass is 10.1. The first kappa shape index (κ1) is 19.0. The molecule has 0 aliphatic carbocycles. The van der Waals surface area contributed by atoms with Gasteiger partial charge in [-0.1, -0.05) is 29.8 Å². The second-order valence-corrected chi connectivity index (χ2v) is 6.13. The maximum absolute atomic E-state index is 12.0. The fourth-order valence-corrected chi connectivity index (χ4v) is 2.17. The summed E-state index contributed by atoms with van der Waals surface area (Å²) in [7, 11) is 0. The third-order valence-electron chi connectivity index (χ3n) is 3.22. The van der Waals surface area contributed by atoms with Gasteiger partial charge in [-0.2, -0.15) is 0 Å². The van der Waals surface area contributed by atoms with Crippen LogP contribution < -0.4 is 5.32 Å². The van der Waals surface area contributed by atoms with E-state index in [0.29, 0.717) is 22.9 Å². The summed E-state index contributed by atoms with van der Waals surface area (Å²) in [5.41, 5.74) is 1.89. The number of hydrogen-bond donors (Lipinski definition) is 1. The SMILES string of the molecule is CC(C)OCc1ccc(C(=O)OCC(=O)Nc2cccc(Cl)c2)cc1. The van der Waals surface area contributed by atoms with Crippen molar-refractivity contribution in [3.63, 3.8) is 0 Å². The first-order valence-corrected chi connectivity index (χ1v) is 8.25. The van der Waals surface area contributed by atoms with Gasteiger partial charge in [0, 0.05) is 10.7 Å². The first-order valence-electron chi connectivity index (χ1n) is 7.87. The highest BCUT2D eigenvalue weighted by Crippen LogP contribution is 2.14. The molecule has 132 valence electrons. The highest BCUT2D eigenvalue weighted by molar-refractivity contribution is 6.30. The monoisotopic (exact) mass is 361 g/mol. The van der Waals surface area contributed by atoms with Crippen molar-refractivity contribution in [2.24, 2.45) is 0 Å². The van der Waals surface area contributed by atoms with Gasteiger partial charge in [0.05, 0.1) is 18.3 Å². The molecule has 0 spiro atoms. The zero-order valence-electron chi connectivity index (χ0n) is 14.1. The Morgan fingerprint density at radius 3 is 2.48 bits per heavy atom. The standard InChI is InChI=1S/C19H20ClNO4/c1-13(2)24-11-14-6-8-15(9-7-14)19(23)25-12-18(22)21-17-5-3-4-16(20)10-17/h3-10,13H,11-12H2,1-2H3,(H,21,22). The molecule has 0 atom stereocenters. The summed E-state index contributed by atoms with van der Waals surface area (Å²) in [6, 6.07) is 13.6. The van der Waals surface area contributed by atoms with Gasteiger partial charge in [-0.05, 0) is 49.7 Å². The third kappa shape index (κ3) is 6.57. The first-order chi connectivity index (χ1) is 11.9. The summed E-state index contributed by atoms with van der Waals surface area (Å²) >= 11 is 5.84. The molecule has 0 aliphatic rings. The second kappa shape index (κ2) is 9.20. The van der Waals surface area contributed by atoms with E-state index in [2.05, 4.69) is 5.32 Å². The van der Waals surface area contributed by atoms with Gasteiger partial charge in [-0.3, -0.25) is 4.79 Å². The lowest BCUT2D eigenvalue weighted by molar-refractivity contribution is -0.119. The minimum absolute atomic E-state index is 0.141. The molecule has 25 heavy (non-hydrogen) atoms. The van der Waals surface area contributed by atoms with Crippen molar-refractivity contribution in [1.82, 2.24) is 0 Å². The van der Waals surface area contributed by atoms with Crippen LogP contribution in [0.25, 0.3) is 0 Å². The van der Waals surface area contributed by atoms with Crippen LogP contribution in [0, 0.1) is 0 Å². The Labute approximate surface area is 151 Å². The Bertz CT molecular complexity index is 728. The lowest BCUT2D eigenvalue weighted by Crippen LogP contribution is -2.20. The van der Waals surface area contributed by atoms with Crippen molar-refractivity contribution in [2.45, 2.75) is 26.6 Å². The molecular formula is C19H20ClNO4. The number of carbonyl (C=O) groups is 2. The zero-order valence-corrected chi connectivity index (χ0v) is 14.9. The van der Waals surface area contributed by atoms with Gasteiger partial charge in [0.15, 0.2) is 6.61 Å². The van der Waals surface area contributed by atoms with E-state index in [1.54, 1.807) is 48.5 Å². The fraction of sp³-hybridized carbons (Fsp3) is 0.263. The molecule has 1 N–H and O–H groups in total. The van der Waals surface area contributed by atoms with Crippen LogP contribution in [0.15, 0.2) is 48.5 Å². The summed E-state index contributed by atoms with van der Waals surface area (Å²) in [5.74, 6) is -0.991. The minimum Gasteiger partial charge on any atom is -0.452 e. The maximum atomic E-state index is 12.0. The number of benzene rings is 2. The van der Waals surface area contributed by atoms with Gasteiger partial charge in [0.2, 0.25) is 0 Å².